The number of likely N-dealkylation sites (tertiary alicyclic amines) is 1. The topological polar surface area (TPSA) is 67.6 Å². The first-order chi connectivity index (χ1) is 12.8. The monoisotopic (exact) mass is 482 g/mol. The minimum atomic E-state index is 0. The van der Waals surface area contributed by atoms with Crippen LogP contribution < -0.4 is 5.32 Å². The van der Waals surface area contributed by atoms with Gasteiger partial charge in [0.2, 0.25) is 0 Å². The molecule has 1 atom stereocenters. The van der Waals surface area contributed by atoms with Gasteiger partial charge in [0.1, 0.15) is 12.7 Å². The molecule has 0 amide bonds. The summed E-state index contributed by atoms with van der Waals surface area (Å²) in [7, 11) is 0. The van der Waals surface area contributed by atoms with Crippen LogP contribution in [0.4, 0.5) is 0 Å². The third-order valence-corrected chi connectivity index (χ3v) is 5.26. The molecule has 1 spiro atoms. The van der Waals surface area contributed by atoms with Gasteiger partial charge in [-0.05, 0) is 37.5 Å². The standard InChI is InChI=1S/C19H26N6O.HI/c1-2-21-18(24-8-6-19(12-24)7-9-26-13-19)22-11-16-4-3-5-17(10-16)25-15-20-14-23-25;/h3-5,10,14-15H,2,6-9,11-13H2,1H3,(H,21,22);1H. The summed E-state index contributed by atoms with van der Waals surface area (Å²) in [5.41, 5.74) is 2.50. The van der Waals surface area contributed by atoms with Crippen molar-refractivity contribution in [2.75, 3.05) is 32.8 Å². The fourth-order valence-electron chi connectivity index (χ4n) is 3.82. The third-order valence-electron chi connectivity index (χ3n) is 5.26. The minimum Gasteiger partial charge on any atom is -0.381 e. The van der Waals surface area contributed by atoms with Gasteiger partial charge in [0.15, 0.2) is 5.96 Å². The van der Waals surface area contributed by atoms with Crippen LogP contribution in [0.2, 0.25) is 0 Å². The van der Waals surface area contributed by atoms with E-state index in [1.807, 2.05) is 12.1 Å². The molecule has 7 nitrogen and oxygen atoms in total. The summed E-state index contributed by atoms with van der Waals surface area (Å²) in [6.45, 7) is 7.51. The number of ether oxygens (including phenoxy) is 1. The van der Waals surface area contributed by atoms with Crippen LogP contribution >= 0.6 is 24.0 Å². The molecule has 0 aliphatic carbocycles. The van der Waals surface area contributed by atoms with Crippen LogP contribution in [0.1, 0.15) is 25.3 Å². The Morgan fingerprint density at radius 2 is 2.30 bits per heavy atom. The highest BCUT2D eigenvalue weighted by molar-refractivity contribution is 14.0. The molecular formula is C19H27IN6O. The van der Waals surface area contributed by atoms with Gasteiger partial charge >= 0.3 is 0 Å². The predicted molar refractivity (Wildman–Crippen MR) is 116 cm³/mol. The molecule has 1 aromatic heterocycles. The van der Waals surface area contributed by atoms with Gasteiger partial charge in [-0.25, -0.2) is 14.7 Å². The smallest absolute Gasteiger partial charge is 0.194 e. The Kier molecular flexibility index (Phi) is 6.69. The molecule has 0 radical (unpaired) electrons. The van der Waals surface area contributed by atoms with E-state index in [0.717, 1.165) is 50.1 Å². The first-order valence-electron chi connectivity index (χ1n) is 9.33. The van der Waals surface area contributed by atoms with E-state index >= 15 is 0 Å². The van der Waals surface area contributed by atoms with Crippen LogP contribution in [0.5, 0.6) is 0 Å². The molecule has 1 aromatic carbocycles. The van der Waals surface area contributed by atoms with E-state index in [2.05, 4.69) is 39.4 Å². The molecule has 0 bridgehead atoms. The second-order valence-electron chi connectivity index (χ2n) is 7.15. The lowest BCUT2D eigenvalue weighted by Crippen LogP contribution is -2.41. The van der Waals surface area contributed by atoms with Crippen LogP contribution in [0.3, 0.4) is 0 Å². The quantitative estimate of drug-likeness (QED) is 0.412. The molecule has 2 saturated heterocycles. The molecule has 2 aliphatic heterocycles. The van der Waals surface area contributed by atoms with Crippen molar-refractivity contribution in [3.8, 4) is 5.69 Å². The van der Waals surface area contributed by atoms with Gasteiger partial charge in [-0.2, -0.15) is 5.10 Å². The van der Waals surface area contributed by atoms with Gasteiger partial charge in [0.25, 0.3) is 0 Å². The first kappa shape index (κ1) is 20.1. The number of hydrogen-bond donors (Lipinski definition) is 1. The van der Waals surface area contributed by atoms with Crippen LogP contribution in [0.15, 0.2) is 41.9 Å². The second kappa shape index (κ2) is 9.01. The number of rotatable bonds is 4. The number of aliphatic imine (C=N–C) groups is 1. The second-order valence-corrected chi connectivity index (χ2v) is 7.15. The lowest BCUT2D eigenvalue weighted by molar-refractivity contribution is 0.156. The van der Waals surface area contributed by atoms with E-state index in [4.69, 9.17) is 9.73 Å². The summed E-state index contributed by atoms with van der Waals surface area (Å²) in [6, 6.07) is 8.27. The Morgan fingerprint density at radius 3 is 3.04 bits per heavy atom. The zero-order valence-corrected chi connectivity index (χ0v) is 18.0. The number of halogens is 1. The molecular weight excluding hydrogens is 455 g/mol. The van der Waals surface area contributed by atoms with Crippen LogP contribution in [-0.4, -0.2) is 58.5 Å². The first-order valence-corrected chi connectivity index (χ1v) is 9.33. The maximum atomic E-state index is 5.65. The van der Waals surface area contributed by atoms with E-state index in [9.17, 15) is 0 Å². The molecule has 4 rings (SSSR count). The van der Waals surface area contributed by atoms with Gasteiger partial charge < -0.3 is 15.0 Å². The van der Waals surface area contributed by atoms with E-state index in [0.29, 0.717) is 12.0 Å². The zero-order chi connectivity index (χ0) is 17.8. The average Bonchev–Trinajstić information content (AvgIpc) is 3.43. The Hall–Kier alpha value is -1.68. The van der Waals surface area contributed by atoms with Crippen LogP contribution in [0, 0.1) is 5.41 Å². The van der Waals surface area contributed by atoms with E-state index in [1.54, 1.807) is 17.3 Å². The number of hydrogen-bond acceptors (Lipinski definition) is 4. The molecule has 2 aliphatic rings. The van der Waals surface area contributed by atoms with Crippen molar-refractivity contribution in [3.63, 3.8) is 0 Å². The third kappa shape index (κ3) is 4.60. The van der Waals surface area contributed by atoms with Crippen molar-refractivity contribution in [3.05, 3.63) is 42.5 Å². The van der Waals surface area contributed by atoms with Crippen LogP contribution in [0.25, 0.3) is 5.69 Å². The SMILES string of the molecule is CCNC(=NCc1cccc(-n2cncn2)c1)N1CCC2(CCOC2)C1.I. The molecule has 1 unspecified atom stereocenters. The van der Waals surface area contributed by atoms with E-state index in [1.165, 1.54) is 12.8 Å². The number of nitrogens with one attached hydrogen (secondary N) is 1. The summed E-state index contributed by atoms with van der Waals surface area (Å²) in [6.07, 6.45) is 5.62. The number of benzene rings is 1. The maximum Gasteiger partial charge on any atom is 0.194 e. The highest BCUT2D eigenvalue weighted by Gasteiger charge is 2.42. The fraction of sp³-hybridized carbons (Fsp3) is 0.526. The Morgan fingerprint density at radius 1 is 1.37 bits per heavy atom. The van der Waals surface area contributed by atoms with E-state index < -0.39 is 0 Å². The molecule has 27 heavy (non-hydrogen) atoms. The maximum absolute atomic E-state index is 5.65. The zero-order valence-electron chi connectivity index (χ0n) is 15.7. The average molecular weight is 482 g/mol. The fourth-order valence-corrected chi connectivity index (χ4v) is 3.82. The molecule has 3 heterocycles. The highest BCUT2D eigenvalue weighted by Crippen LogP contribution is 2.38. The van der Waals surface area contributed by atoms with Crippen molar-refractivity contribution >= 4 is 29.9 Å². The largest absolute Gasteiger partial charge is 0.381 e. The Balaban J connectivity index is 0.00000210. The lowest BCUT2D eigenvalue weighted by Gasteiger charge is -2.25. The molecule has 1 N–H and O–H groups in total. The molecule has 8 heteroatoms. The highest BCUT2D eigenvalue weighted by atomic mass is 127. The van der Waals surface area contributed by atoms with Crippen molar-refractivity contribution in [2.45, 2.75) is 26.3 Å². The number of nitrogens with zero attached hydrogens (tertiary/aromatic N) is 5. The Labute approximate surface area is 177 Å². The summed E-state index contributed by atoms with van der Waals surface area (Å²) < 4.78 is 7.41. The van der Waals surface area contributed by atoms with Crippen molar-refractivity contribution in [2.24, 2.45) is 10.4 Å². The number of aromatic nitrogens is 3. The summed E-state index contributed by atoms with van der Waals surface area (Å²) in [5, 5.41) is 7.64. The Bertz CT molecular complexity index is 757. The molecule has 0 saturated carbocycles. The van der Waals surface area contributed by atoms with Gasteiger partial charge in [-0.3, -0.25) is 0 Å². The van der Waals surface area contributed by atoms with Crippen molar-refractivity contribution < 1.29 is 4.74 Å². The summed E-state index contributed by atoms with van der Waals surface area (Å²) in [5.74, 6) is 1.00. The van der Waals surface area contributed by atoms with Gasteiger partial charge in [0.05, 0.1) is 18.8 Å². The lowest BCUT2D eigenvalue weighted by atomic mass is 9.87. The van der Waals surface area contributed by atoms with Gasteiger partial charge in [-0.15, -0.1) is 24.0 Å². The molecule has 2 fully saturated rings. The summed E-state index contributed by atoms with van der Waals surface area (Å²) in [4.78, 5) is 11.3. The van der Waals surface area contributed by atoms with Crippen molar-refractivity contribution in [1.82, 2.24) is 25.0 Å². The van der Waals surface area contributed by atoms with Gasteiger partial charge in [-0.1, -0.05) is 12.1 Å². The van der Waals surface area contributed by atoms with Crippen molar-refractivity contribution in [1.29, 1.82) is 0 Å². The molecule has 146 valence electrons. The minimum absolute atomic E-state index is 0. The summed E-state index contributed by atoms with van der Waals surface area (Å²) >= 11 is 0. The normalized spacial score (nSPS) is 22.3. The van der Waals surface area contributed by atoms with E-state index in [-0.39, 0.29) is 24.0 Å². The van der Waals surface area contributed by atoms with Crippen LogP contribution in [-0.2, 0) is 11.3 Å². The number of guanidine groups is 1. The van der Waals surface area contributed by atoms with Gasteiger partial charge in [0, 0.05) is 31.7 Å². The molecule has 2 aromatic rings. The predicted octanol–water partition coefficient (Wildman–Crippen LogP) is 2.46.